The third-order valence-corrected chi connectivity index (χ3v) is 4.90. The first-order valence-corrected chi connectivity index (χ1v) is 8.60. The molecular weight excluding hydrogens is 288 g/mol. The zero-order chi connectivity index (χ0) is 14.9. The van der Waals surface area contributed by atoms with Crippen LogP contribution in [0.4, 0.5) is 0 Å². The van der Waals surface area contributed by atoms with Crippen LogP contribution < -0.4 is 0 Å². The lowest BCUT2D eigenvalue weighted by Crippen LogP contribution is -2.30. The van der Waals surface area contributed by atoms with Gasteiger partial charge in [0.05, 0.1) is 23.7 Å². The zero-order valence-corrected chi connectivity index (χ0v) is 12.5. The summed E-state index contributed by atoms with van der Waals surface area (Å²) in [5.74, 6) is 0. The third kappa shape index (κ3) is 2.79. The summed E-state index contributed by atoms with van der Waals surface area (Å²) in [5.41, 5.74) is 2.25. The van der Waals surface area contributed by atoms with Crippen molar-refractivity contribution < 1.29 is 8.42 Å². The van der Waals surface area contributed by atoms with Gasteiger partial charge in [-0.05, 0) is 25.0 Å². The van der Waals surface area contributed by atoms with Gasteiger partial charge in [-0.3, -0.25) is 15.0 Å². The van der Waals surface area contributed by atoms with Crippen LogP contribution in [0, 0.1) is 0 Å². The molecule has 110 valence electrons. The van der Waals surface area contributed by atoms with E-state index in [1.54, 1.807) is 24.8 Å². The van der Waals surface area contributed by atoms with Crippen molar-refractivity contribution >= 4 is 10.0 Å². The number of sulfonamides is 1. The zero-order valence-electron chi connectivity index (χ0n) is 11.7. The molecule has 0 N–H and O–H groups in total. The Morgan fingerprint density at radius 2 is 2.05 bits per heavy atom. The average molecular weight is 304 g/mol. The molecule has 1 saturated heterocycles. The first kappa shape index (κ1) is 14.1. The van der Waals surface area contributed by atoms with Crippen LogP contribution in [0.1, 0.15) is 24.6 Å². The summed E-state index contributed by atoms with van der Waals surface area (Å²) in [6, 6.07) is 3.49. The van der Waals surface area contributed by atoms with E-state index in [1.807, 2.05) is 12.1 Å². The number of pyridine rings is 1. The Kier molecular flexibility index (Phi) is 3.69. The molecule has 0 saturated carbocycles. The number of hydrogen-bond donors (Lipinski definition) is 0. The van der Waals surface area contributed by atoms with E-state index in [0.29, 0.717) is 17.9 Å². The summed E-state index contributed by atoms with van der Waals surface area (Å²) in [5, 5.41) is 0. The molecule has 0 spiro atoms. The van der Waals surface area contributed by atoms with Gasteiger partial charge in [0.1, 0.15) is 0 Å². The van der Waals surface area contributed by atoms with Crippen LogP contribution in [0.5, 0.6) is 0 Å². The van der Waals surface area contributed by atoms with Crippen LogP contribution in [0.15, 0.2) is 36.9 Å². The van der Waals surface area contributed by atoms with E-state index in [2.05, 4.69) is 15.0 Å². The SMILES string of the molecule is CS(=O)(=O)N1CCC[C@@H]1c1nccnc1-c1cccnc1. The first-order chi connectivity index (χ1) is 10.1. The number of aromatic nitrogens is 3. The summed E-state index contributed by atoms with van der Waals surface area (Å²) in [4.78, 5) is 12.9. The monoisotopic (exact) mass is 304 g/mol. The fourth-order valence-corrected chi connectivity index (χ4v) is 3.86. The largest absolute Gasteiger partial charge is 0.264 e. The maximum atomic E-state index is 11.9. The molecule has 1 atom stereocenters. The molecule has 1 fully saturated rings. The van der Waals surface area contributed by atoms with Gasteiger partial charge in [-0.2, -0.15) is 4.31 Å². The van der Waals surface area contributed by atoms with Crippen LogP contribution in [0.3, 0.4) is 0 Å². The molecule has 7 heteroatoms. The van der Waals surface area contributed by atoms with E-state index >= 15 is 0 Å². The Morgan fingerprint density at radius 3 is 2.76 bits per heavy atom. The Labute approximate surface area is 123 Å². The molecule has 3 rings (SSSR count). The van der Waals surface area contributed by atoms with Crippen LogP contribution in [0.2, 0.25) is 0 Å². The Balaban J connectivity index is 2.08. The minimum atomic E-state index is -3.25. The molecule has 1 aliphatic heterocycles. The van der Waals surface area contributed by atoms with E-state index in [-0.39, 0.29) is 6.04 Å². The molecule has 2 aromatic rings. The maximum absolute atomic E-state index is 11.9. The highest BCUT2D eigenvalue weighted by Crippen LogP contribution is 2.36. The molecular formula is C14H16N4O2S. The molecule has 0 bridgehead atoms. The first-order valence-electron chi connectivity index (χ1n) is 6.75. The maximum Gasteiger partial charge on any atom is 0.211 e. The summed E-state index contributed by atoms with van der Waals surface area (Å²) in [6.07, 6.45) is 9.47. The number of nitrogens with zero attached hydrogens (tertiary/aromatic N) is 4. The Bertz CT molecular complexity index is 734. The molecule has 0 aliphatic carbocycles. The third-order valence-electron chi connectivity index (χ3n) is 3.61. The van der Waals surface area contributed by atoms with Crippen molar-refractivity contribution in [1.82, 2.24) is 19.3 Å². The summed E-state index contributed by atoms with van der Waals surface area (Å²) >= 11 is 0. The van der Waals surface area contributed by atoms with Crippen molar-refractivity contribution in [3.8, 4) is 11.3 Å². The van der Waals surface area contributed by atoms with Crippen LogP contribution >= 0.6 is 0 Å². The van der Waals surface area contributed by atoms with Crippen LogP contribution in [-0.4, -0.2) is 40.5 Å². The fourth-order valence-electron chi connectivity index (χ4n) is 2.73. The molecule has 21 heavy (non-hydrogen) atoms. The molecule has 0 radical (unpaired) electrons. The highest BCUT2D eigenvalue weighted by Gasteiger charge is 2.35. The molecule has 2 aromatic heterocycles. The van der Waals surface area contributed by atoms with E-state index in [4.69, 9.17) is 0 Å². The van der Waals surface area contributed by atoms with Gasteiger partial charge in [0.2, 0.25) is 10.0 Å². The van der Waals surface area contributed by atoms with Crippen molar-refractivity contribution in [2.75, 3.05) is 12.8 Å². The van der Waals surface area contributed by atoms with Crippen molar-refractivity contribution in [1.29, 1.82) is 0 Å². The Hall–Kier alpha value is -1.86. The van der Waals surface area contributed by atoms with Gasteiger partial charge in [0, 0.05) is 36.9 Å². The summed E-state index contributed by atoms with van der Waals surface area (Å²) < 4.78 is 25.4. The molecule has 0 unspecified atom stereocenters. The summed E-state index contributed by atoms with van der Waals surface area (Å²) in [6.45, 7) is 0.534. The highest BCUT2D eigenvalue weighted by molar-refractivity contribution is 7.88. The van der Waals surface area contributed by atoms with Crippen molar-refractivity contribution in [2.45, 2.75) is 18.9 Å². The van der Waals surface area contributed by atoms with Gasteiger partial charge in [-0.25, -0.2) is 8.42 Å². The quantitative estimate of drug-likeness (QED) is 0.861. The predicted octanol–water partition coefficient (Wildman–Crippen LogP) is 1.64. The second-order valence-corrected chi connectivity index (χ2v) is 7.00. The fraction of sp³-hybridized carbons (Fsp3) is 0.357. The smallest absolute Gasteiger partial charge is 0.211 e. The minimum Gasteiger partial charge on any atom is -0.264 e. The highest BCUT2D eigenvalue weighted by atomic mass is 32.2. The topological polar surface area (TPSA) is 76.1 Å². The Morgan fingerprint density at radius 1 is 1.24 bits per heavy atom. The lowest BCUT2D eigenvalue weighted by Gasteiger charge is -2.23. The van der Waals surface area contributed by atoms with Crippen molar-refractivity contribution in [3.05, 3.63) is 42.6 Å². The van der Waals surface area contributed by atoms with Gasteiger partial charge < -0.3 is 0 Å². The standard InChI is InChI=1S/C14H16N4O2S/c1-21(19,20)18-9-3-5-12(18)14-13(16-7-8-17-14)11-4-2-6-15-10-11/h2,4,6-8,10,12H,3,5,9H2,1H3/t12-/m1/s1. The second kappa shape index (κ2) is 5.50. The van der Waals surface area contributed by atoms with Gasteiger partial charge in [0.25, 0.3) is 0 Å². The molecule has 0 amide bonds. The van der Waals surface area contributed by atoms with E-state index < -0.39 is 10.0 Å². The van der Waals surface area contributed by atoms with Gasteiger partial charge in [-0.15, -0.1) is 0 Å². The van der Waals surface area contributed by atoms with E-state index in [1.165, 1.54) is 10.6 Å². The molecule has 1 aliphatic rings. The average Bonchev–Trinajstić information content (AvgIpc) is 2.98. The second-order valence-electron chi connectivity index (χ2n) is 5.06. The normalized spacial score (nSPS) is 19.8. The predicted molar refractivity (Wildman–Crippen MR) is 78.8 cm³/mol. The molecule has 6 nitrogen and oxygen atoms in total. The number of rotatable bonds is 3. The van der Waals surface area contributed by atoms with E-state index in [9.17, 15) is 8.42 Å². The van der Waals surface area contributed by atoms with Gasteiger partial charge in [-0.1, -0.05) is 0 Å². The lowest BCUT2D eigenvalue weighted by atomic mass is 10.1. The minimum absolute atomic E-state index is 0.246. The van der Waals surface area contributed by atoms with E-state index in [0.717, 1.165) is 18.4 Å². The van der Waals surface area contributed by atoms with Crippen molar-refractivity contribution in [3.63, 3.8) is 0 Å². The molecule has 0 aromatic carbocycles. The van der Waals surface area contributed by atoms with Crippen LogP contribution in [0.25, 0.3) is 11.3 Å². The summed E-state index contributed by atoms with van der Waals surface area (Å²) in [7, 11) is -3.25. The van der Waals surface area contributed by atoms with Crippen LogP contribution in [-0.2, 0) is 10.0 Å². The van der Waals surface area contributed by atoms with Crippen molar-refractivity contribution in [2.24, 2.45) is 0 Å². The van der Waals surface area contributed by atoms with Gasteiger partial charge in [0.15, 0.2) is 0 Å². The number of hydrogen-bond acceptors (Lipinski definition) is 5. The molecule has 3 heterocycles. The lowest BCUT2D eigenvalue weighted by molar-refractivity contribution is 0.394. The van der Waals surface area contributed by atoms with Gasteiger partial charge >= 0.3 is 0 Å².